The van der Waals surface area contributed by atoms with Crippen molar-refractivity contribution in [1.29, 1.82) is 0 Å². The largest absolute Gasteiger partial charge is 0.245 e. The third-order valence-corrected chi connectivity index (χ3v) is 2.14. The lowest BCUT2D eigenvalue weighted by Crippen LogP contribution is -1.88. The van der Waals surface area contributed by atoms with E-state index in [1.54, 1.807) is 23.1 Å². The van der Waals surface area contributed by atoms with Gasteiger partial charge in [-0.15, -0.1) is 0 Å². The first-order valence-electron chi connectivity index (χ1n) is 4.50. The topological polar surface area (TPSA) is 56.0 Å². The Morgan fingerprint density at radius 1 is 1.13 bits per heavy atom. The monoisotopic (exact) mass is 197 g/mol. The zero-order chi connectivity index (χ0) is 10.1. The van der Waals surface area contributed by atoms with Gasteiger partial charge >= 0.3 is 0 Å². The van der Waals surface area contributed by atoms with Crippen molar-refractivity contribution in [1.82, 2.24) is 24.6 Å². The second kappa shape index (κ2) is 3.13. The summed E-state index contributed by atoms with van der Waals surface area (Å²) in [7, 11) is 0. The van der Waals surface area contributed by atoms with E-state index >= 15 is 0 Å². The van der Waals surface area contributed by atoms with Crippen LogP contribution in [0.3, 0.4) is 0 Å². The van der Waals surface area contributed by atoms with Gasteiger partial charge in [-0.3, -0.25) is 0 Å². The molecule has 0 saturated carbocycles. The van der Waals surface area contributed by atoms with Crippen LogP contribution in [0.4, 0.5) is 0 Å². The molecule has 15 heavy (non-hydrogen) atoms. The highest BCUT2D eigenvalue weighted by atomic mass is 15.2. The number of aromatic nitrogens is 5. The van der Waals surface area contributed by atoms with Crippen LogP contribution < -0.4 is 0 Å². The Hall–Kier alpha value is -2.30. The molecule has 0 aliphatic rings. The van der Waals surface area contributed by atoms with Crippen LogP contribution in [0.5, 0.6) is 0 Å². The standard InChI is InChI=1S/C10H7N5/c1-3-12-10-8(6-14-15(10)5-1)9-2-4-11-7-13-9/h1-7H. The molecule has 0 aliphatic heterocycles. The SMILES string of the molecule is c1cnc2c(-c3ccncn3)cnn2c1. The predicted molar refractivity (Wildman–Crippen MR) is 54.0 cm³/mol. The fourth-order valence-corrected chi connectivity index (χ4v) is 1.46. The van der Waals surface area contributed by atoms with Crippen molar-refractivity contribution in [3.8, 4) is 11.3 Å². The first-order valence-corrected chi connectivity index (χ1v) is 4.50. The van der Waals surface area contributed by atoms with E-state index in [1.807, 2.05) is 18.3 Å². The summed E-state index contributed by atoms with van der Waals surface area (Å²) < 4.78 is 1.72. The van der Waals surface area contributed by atoms with Crippen molar-refractivity contribution >= 4 is 5.65 Å². The van der Waals surface area contributed by atoms with E-state index in [4.69, 9.17) is 0 Å². The van der Waals surface area contributed by atoms with Crippen LogP contribution >= 0.6 is 0 Å². The zero-order valence-electron chi connectivity index (χ0n) is 7.78. The number of nitrogens with zero attached hydrogens (tertiary/aromatic N) is 5. The Kier molecular flexibility index (Phi) is 1.68. The number of hydrogen-bond donors (Lipinski definition) is 0. The van der Waals surface area contributed by atoms with Gasteiger partial charge in [0.2, 0.25) is 0 Å². The third-order valence-electron chi connectivity index (χ3n) is 2.14. The molecule has 3 aromatic heterocycles. The second-order valence-corrected chi connectivity index (χ2v) is 3.04. The van der Waals surface area contributed by atoms with Gasteiger partial charge in [-0.1, -0.05) is 0 Å². The molecule has 0 bridgehead atoms. The van der Waals surface area contributed by atoms with Gasteiger partial charge in [-0.05, 0) is 12.1 Å². The van der Waals surface area contributed by atoms with Crippen molar-refractivity contribution in [2.75, 3.05) is 0 Å². The summed E-state index contributed by atoms with van der Waals surface area (Å²) in [6.45, 7) is 0. The lowest BCUT2D eigenvalue weighted by atomic mass is 10.2. The molecule has 0 unspecified atom stereocenters. The van der Waals surface area contributed by atoms with Crippen LogP contribution in [0.2, 0.25) is 0 Å². The average molecular weight is 197 g/mol. The van der Waals surface area contributed by atoms with Crippen LogP contribution in [0.15, 0.2) is 43.2 Å². The summed E-state index contributed by atoms with van der Waals surface area (Å²) in [4.78, 5) is 12.3. The molecule has 72 valence electrons. The lowest BCUT2D eigenvalue weighted by Gasteiger charge is -1.95. The molecule has 5 heteroatoms. The second-order valence-electron chi connectivity index (χ2n) is 3.04. The highest BCUT2D eigenvalue weighted by Gasteiger charge is 2.07. The van der Waals surface area contributed by atoms with Gasteiger partial charge in [-0.2, -0.15) is 5.10 Å². The summed E-state index contributed by atoms with van der Waals surface area (Å²) in [6.07, 6.45) is 8.57. The molecule has 3 rings (SSSR count). The van der Waals surface area contributed by atoms with Gasteiger partial charge in [0.25, 0.3) is 0 Å². The molecule has 0 atom stereocenters. The molecule has 0 fully saturated rings. The van der Waals surface area contributed by atoms with Crippen molar-refractivity contribution in [2.24, 2.45) is 0 Å². The minimum absolute atomic E-state index is 0.802. The van der Waals surface area contributed by atoms with E-state index in [0.717, 1.165) is 16.9 Å². The molecule has 3 aromatic rings. The number of hydrogen-bond acceptors (Lipinski definition) is 4. The van der Waals surface area contributed by atoms with Gasteiger partial charge in [0.15, 0.2) is 5.65 Å². The molecule has 0 spiro atoms. The molecule has 0 N–H and O–H groups in total. The fraction of sp³-hybridized carbons (Fsp3) is 0. The van der Waals surface area contributed by atoms with Gasteiger partial charge in [0.05, 0.1) is 17.5 Å². The Morgan fingerprint density at radius 3 is 3.00 bits per heavy atom. The Bertz CT molecular complexity index is 587. The molecular weight excluding hydrogens is 190 g/mol. The van der Waals surface area contributed by atoms with Gasteiger partial charge in [0, 0.05) is 18.6 Å². The van der Waals surface area contributed by atoms with Gasteiger partial charge in [0.1, 0.15) is 6.33 Å². The van der Waals surface area contributed by atoms with Gasteiger partial charge < -0.3 is 0 Å². The summed E-state index contributed by atoms with van der Waals surface area (Å²) in [5.41, 5.74) is 2.55. The third kappa shape index (κ3) is 1.25. The predicted octanol–water partition coefficient (Wildman–Crippen LogP) is 1.19. The van der Waals surface area contributed by atoms with Crippen molar-refractivity contribution in [3.63, 3.8) is 0 Å². The lowest BCUT2D eigenvalue weighted by molar-refractivity contribution is 0.939. The van der Waals surface area contributed by atoms with E-state index in [0.29, 0.717) is 0 Å². The first kappa shape index (κ1) is 8.05. The van der Waals surface area contributed by atoms with E-state index in [2.05, 4.69) is 20.1 Å². The highest BCUT2D eigenvalue weighted by Crippen LogP contribution is 2.19. The van der Waals surface area contributed by atoms with E-state index in [-0.39, 0.29) is 0 Å². The van der Waals surface area contributed by atoms with Crippen LogP contribution in [0.25, 0.3) is 16.9 Å². The van der Waals surface area contributed by atoms with E-state index in [1.165, 1.54) is 6.33 Å². The van der Waals surface area contributed by atoms with Crippen LogP contribution in [0.1, 0.15) is 0 Å². The maximum absolute atomic E-state index is 4.26. The molecule has 0 aliphatic carbocycles. The number of fused-ring (bicyclic) bond motifs is 1. The minimum Gasteiger partial charge on any atom is -0.245 e. The van der Waals surface area contributed by atoms with E-state index < -0.39 is 0 Å². The van der Waals surface area contributed by atoms with Crippen molar-refractivity contribution in [2.45, 2.75) is 0 Å². The smallest absolute Gasteiger partial charge is 0.164 e. The minimum atomic E-state index is 0.802. The highest BCUT2D eigenvalue weighted by molar-refractivity contribution is 5.73. The Balaban J connectivity index is 2.28. The fourth-order valence-electron chi connectivity index (χ4n) is 1.46. The summed E-state index contributed by atoms with van der Waals surface area (Å²) in [5.74, 6) is 0. The Morgan fingerprint density at radius 2 is 2.13 bits per heavy atom. The number of rotatable bonds is 1. The molecule has 3 heterocycles. The maximum atomic E-state index is 4.26. The molecular formula is C10H7N5. The van der Waals surface area contributed by atoms with Crippen molar-refractivity contribution in [3.05, 3.63) is 43.2 Å². The molecule has 0 amide bonds. The maximum Gasteiger partial charge on any atom is 0.164 e. The van der Waals surface area contributed by atoms with Crippen molar-refractivity contribution < 1.29 is 0 Å². The summed E-state index contributed by atoms with van der Waals surface area (Å²) >= 11 is 0. The average Bonchev–Trinajstić information content (AvgIpc) is 2.74. The molecule has 5 nitrogen and oxygen atoms in total. The zero-order valence-corrected chi connectivity index (χ0v) is 7.78. The normalized spacial score (nSPS) is 10.7. The Labute approximate surface area is 85.5 Å². The molecule has 0 aromatic carbocycles. The van der Waals surface area contributed by atoms with Crippen LogP contribution in [-0.2, 0) is 0 Å². The first-order chi connectivity index (χ1) is 7.45. The van der Waals surface area contributed by atoms with Crippen LogP contribution in [-0.4, -0.2) is 24.6 Å². The quantitative estimate of drug-likeness (QED) is 0.588. The van der Waals surface area contributed by atoms with Crippen LogP contribution in [0, 0.1) is 0 Å². The summed E-state index contributed by atoms with van der Waals surface area (Å²) in [5, 5.41) is 4.19. The molecule has 0 saturated heterocycles. The summed E-state index contributed by atoms with van der Waals surface area (Å²) in [6, 6.07) is 3.68. The van der Waals surface area contributed by atoms with E-state index in [9.17, 15) is 0 Å². The van der Waals surface area contributed by atoms with Gasteiger partial charge in [-0.25, -0.2) is 19.5 Å². The molecule has 0 radical (unpaired) electrons.